The summed E-state index contributed by atoms with van der Waals surface area (Å²) in [6.45, 7) is 2.24. The van der Waals surface area contributed by atoms with Crippen LogP contribution in [0.5, 0.6) is 0 Å². The van der Waals surface area contributed by atoms with Gasteiger partial charge in [0.05, 0.1) is 5.56 Å². The van der Waals surface area contributed by atoms with Gasteiger partial charge in [-0.15, -0.1) is 0 Å². The number of amides is 3. The van der Waals surface area contributed by atoms with Crippen molar-refractivity contribution >= 4 is 17.9 Å². The molecule has 2 rings (SSSR count). The molecule has 1 aromatic rings. The second kappa shape index (κ2) is 9.66. The molecule has 0 saturated carbocycles. The largest absolute Gasteiger partial charge is 0.478 e. The standard InChI is InChI=1S/C18H25N3O4/c22-16(21-11-3-1-2-4-12-21)9-10-19-18(25)20-13-14-5-7-15(8-6-14)17(23)24/h5-8H,1-4,9-13H2,(H,23,24)(H2,19,20,25). The summed E-state index contributed by atoms with van der Waals surface area (Å²) in [4.78, 5) is 36.5. The molecule has 3 amide bonds. The number of carbonyl (C=O) groups is 3. The minimum atomic E-state index is -0.980. The molecular weight excluding hydrogens is 322 g/mol. The van der Waals surface area contributed by atoms with Crippen LogP contribution in [0.1, 0.15) is 48.0 Å². The van der Waals surface area contributed by atoms with Gasteiger partial charge >= 0.3 is 12.0 Å². The number of carboxylic acids is 1. The van der Waals surface area contributed by atoms with E-state index in [1.165, 1.54) is 25.0 Å². The van der Waals surface area contributed by atoms with Crippen LogP contribution in [0.25, 0.3) is 0 Å². The van der Waals surface area contributed by atoms with Crippen LogP contribution in [0.2, 0.25) is 0 Å². The molecule has 0 atom stereocenters. The van der Waals surface area contributed by atoms with Crippen LogP contribution in [-0.2, 0) is 11.3 Å². The number of nitrogens with zero attached hydrogens (tertiary/aromatic N) is 1. The third-order valence-electron chi connectivity index (χ3n) is 4.24. The van der Waals surface area contributed by atoms with Crippen molar-refractivity contribution in [3.63, 3.8) is 0 Å². The summed E-state index contributed by atoms with van der Waals surface area (Å²) >= 11 is 0. The second-order valence-corrected chi connectivity index (χ2v) is 6.16. The Labute approximate surface area is 147 Å². The van der Waals surface area contributed by atoms with E-state index in [0.29, 0.717) is 19.5 Å². The van der Waals surface area contributed by atoms with Crippen molar-refractivity contribution in [1.82, 2.24) is 15.5 Å². The first-order valence-corrected chi connectivity index (χ1v) is 8.68. The first-order valence-electron chi connectivity index (χ1n) is 8.68. The highest BCUT2D eigenvalue weighted by atomic mass is 16.4. The van der Waals surface area contributed by atoms with Crippen molar-refractivity contribution in [3.8, 4) is 0 Å². The lowest BCUT2D eigenvalue weighted by atomic mass is 10.1. The minimum absolute atomic E-state index is 0.0893. The van der Waals surface area contributed by atoms with E-state index in [4.69, 9.17) is 5.11 Å². The van der Waals surface area contributed by atoms with Crippen molar-refractivity contribution in [2.75, 3.05) is 19.6 Å². The predicted molar refractivity (Wildman–Crippen MR) is 93.3 cm³/mol. The van der Waals surface area contributed by atoms with Crippen LogP contribution in [0.15, 0.2) is 24.3 Å². The summed E-state index contributed by atoms with van der Waals surface area (Å²) in [7, 11) is 0. The molecule has 1 aromatic carbocycles. The summed E-state index contributed by atoms with van der Waals surface area (Å²) in [6, 6.07) is 5.97. The topological polar surface area (TPSA) is 98.7 Å². The fourth-order valence-electron chi connectivity index (χ4n) is 2.77. The maximum atomic E-state index is 12.1. The zero-order chi connectivity index (χ0) is 18.1. The number of carbonyl (C=O) groups excluding carboxylic acids is 2. The number of rotatable bonds is 6. The molecule has 0 unspecified atom stereocenters. The molecule has 7 heteroatoms. The number of carboxylic acid groups (broad SMARTS) is 1. The number of hydrogen-bond donors (Lipinski definition) is 3. The average Bonchev–Trinajstić information content (AvgIpc) is 2.89. The van der Waals surface area contributed by atoms with E-state index in [1.807, 2.05) is 4.90 Å². The minimum Gasteiger partial charge on any atom is -0.478 e. The summed E-state index contributed by atoms with van der Waals surface area (Å²) in [5.41, 5.74) is 1.01. The Morgan fingerprint density at radius 2 is 1.60 bits per heavy atom. The highest BCUT2D eigenvalue weighted by Gasteiger charge is 2.15. The van der Waals surface area contributed by atoms with Crippen molar-refractivity contribution in [2.24, 2.45) is 0 Å². The predicted octanol–water partition coefficient (Wildman–Crippen LogP) is 1.98. The summed E-state index contributed by atoms with van der Waals surface area (Å²) in [5, 5.41) is 14.2. The molecule has 3 N–H and O–H groups in total. The molecule has 136 valence electrons. The Morgan fingerprint density at radius 1 is 0.960 bits per heavy atom. The van der Waals surface area contributed by atoms with Gasteiger partial charge in [-0.2, -0.15) is 0 Å². The van der Waals surface area contributed by atoms with E-state index in [-0.39, 0.29) is 17.5 Å². The van der Waals surface area contributed by atoms with Crippen LogP contribution in [0.4, 0.5) is 4.79 Å². The molecule has 0 bridgehead atoms. The zero-order valence-electron chi connectivity index (χ0n) is 14.3. The summed E-state index contributed by atoms with van der Waals surface area (Å²) in [5.74, 6) is -0.891. The van der Waals surface area contributed by atoms with E-state index < -0.39 is 5.97 Å². The summed E-state index contributed by atoms with van der Waals surface area (Å²) < 4.78 is 0. The van der Waals surface area contributed by atoms with Crippen molar-refractivity contribution in [1.29, 1.82) is 0 Å². The fourth-order valence-corrected chi connectivity index (χ4v) is 2.77. The van der Waals surface area contributed by atoms with E-state index in [9.17, 15) is 14.4 Å². The van der Waals surface area contributed by atoms with Crippen LogP contribution in [-0.4, -0.2) is 47.5 Å². The Kier molecular flexibility index (Phi) is 7.25. The normalized spacial score (nSPS) is 14.5. The van der Waals surface area contributed by atoms with Crippen molar-refractivity contribution < 1.29 is 19.5 Å². The van der Waals surface area contributed by atoms with Gasteiger partial charge in [0, 0.05) is 32.6 Å². The van der Waals surface area contributed by atoms with Crippen LogP contribution < -0.4 is 10.6 Å². The SMILES string of the molecule is O=C(NCCC(=O)N1CCCCCC1)NCc1ccc(C(=O)O)cc1. The first-order chi connectivity index (χ1) is 12.1. The van der Waals surface area contributed by atoms with E-state index >= 15 is 0 Å². The van der Waals surface area contributed by atoms with Crippen LogP contribution in [0, 0.1) is 0 Å². The molecule has 1 aliphatic heterocycles. The third-order valence-corrected chi connectivity index (χ3v) is 4.24. The van der Waals surface area contributed by atoms with Gasteiger partial charge < -0.3 is 20.6 Å². The van der Waals surface area contributed by atoms with E-state index in [2.05, 4.69) is 10.6 Å². The number of benzene rings is 1. The van der Waals surface area contributed by atoms with Gasteiger partial charge in [-0.3, -0.25) is 4.79 Å². The van der Waals surface area contributed by atoms with Gasteiger partial charge in [0.15, 0.2) is 0 Å². The lowest BCUT2D eigenvalue weighted by molar-refractivity contribution is -0.131. The number of nitrogens with one attached hydrogen (secondary N) is 2. The number of likely N-dealkylation sites (tertiary alicyclic amines) is 1. The van der Waals surface area contributed by atoms with Gasteiger partial charge in [0.1, 0.15) is 0 Å². The fraction of sp³-hybridized carbons (Fsp3) is 0.500. The lowest BCUT2D eigenvalue weighted by Gasteiger charge is -2.20. The zero-order valence-corrected chi connectivity index (χ0v) is 14.3. The molecular formula is C18H25N3O4. The second-order valence-electron chi connectivity index (χ2n) is 6.16. The van der Waals surface area contributed by atoms with Crippen LogP contribution in [0.3, 0.4) is 0 Å². The maximum absolute atomic E-state index is 12.1. The van der Waals surface area contributed by atoms with Gasteiger partial charge in [0.2, 0.25) is 5.91 Å². The maximum Gasteiger partial charge on any atom is 0.335 e. The lowest BCUT2D eigenvalue weighted by Crippen LogP contribution is -2.38. The Morgan fingerprint density at radius 3 is 2.20 bits per heavy atom. The molecule has 7 nitrogen and oxygen atoms in total. The Hall–Kier alpha value is -2.57. The molecule has 1 aliphatic rings. The molecule has 1 saturated heterocycles. The Balaban J connectivity index is 1.64. The quantitative estimate of drug-likeness (QED) is 0.733. The third kappa shape index (κ3) is 6.45. The molecule has 0 radical (unpaired) electrons. The van der Waals surface area contributed by atoms with Gasteiger partial charge in [-0.25, -0.2) is 9.59 Å². The molecule has 25 heavy (non-hydrogen) atoms. The van der Waals surface area contributed by atoms with Gasteiger partial charge in [-0.1, -0.05) is 25.0 Å². The van der Waals surface area contributed by atoms with Crippen molar-refractivity contribution in [3.05, 3.63) is 35.4 Å². The summed E-state index contributed by atoms with van der Waals surface area (Å²) in [6.07, 6.45) is 4.77. The molecule has 0 aromatic heterocycles. The van der Waals surface area contributed by atoms with Gasteiger partial charge in [-0.05, 0) is 30.5 Å². The van der Waals surface area contributed by atoms with Crippen molar-refractivity contribution in [2.45, 2.75) is 38.6 Å². The van der Waals surface area contributed by atoms with E-state index in [0.717, 1.165) is 31.5 Å². The van der Waals surface area contributed by atoms with E-state index in [1.54, 1.807) is 12.1 Å². The number of aromatic carboxylic acids is 1. The smallest absolute Gasteiger partial charge is 0.335 e. The van der Waals surface area contributed by atoms with Crippen LogP contribution >= 0.6 is 0 Å². The average molecular weight is 347 g/mol. The monoisotopic (exact) mass is 347 g/mol. The highest BCUT2D eigenvalue weighted by molar-refractivity contribution is 5.87. The molecule has 0 spiro atoms. The Bertz CT molecular complexity index is 593. The number of urea groups is 1. The number of hydrogen-bond acceptors (Lipinski definition) is 3. The highest BCUT2D eigenvalue weighted by Crippen LogP contribution is 2.10. The van der Waals surface area contributed by atoms with Gasteiger partial charge in [0.25, 0.3) is 0 Å². The first kappa shape index (κ1) is 18.8. The molecule has 0 aliphatic carbocycles. The molecule has 1 heterocycles. The molecule has 1 fully saturated rings.